The number of nitrogens with zero attached hydrogens (tertiary/aromatic N) is 1. The van der Waals surface area contributed by atoms with Crippen LogP contribution in [-0.4, -0.2) is 5.16 Å². The van der Waals surface area contributed by atoms with Crippen LogP contribution in [0.1, 0.15) is 11.1 Å². The second-order valence-electron chi connectivity index (χ2n) is 4.44. The second kappa shape index (κ2) is 4.27. The van der Waals surface area contributed by atoms with Gasteiger partial charge in [-0.05, 0) is 30.7 Å². The summed E-state index contributed by atoms with van der Waals surface area (Å²) in [6, 6.07) is 14.2. The Balaban J connectivity index is 2.22. The van der Waals surface area contributed by atoms with Crippen molar-refractivity contribution in [2.24, 2.45) is 5.73 Å². The summed E-state index contributed by atoms with van der Waals surface area (Å²) < 4.78 is 5.35. The lowest BCUT2D eigenvalue weighted by molar-refractivity contribution is 0.459. The molecule has 0 saturated heterocycles. The van der Waals surface area contributed by atoms with Gasteiger partial charge in [-0.1, -0.05) is 35.0 Å². The summed E-state index contributed by atoms with van der Waals surface area (Å²) in [5.41, 5.74) is 10.7. The SMILES string of the molecule is Cc1cccc(-c2noc3ccc(CN)cc23)c1. The molecule has 90 valence electrons. The van der Waals surface area contributed by atoms with Crippen LogP contribution in [0.5, 0.6) is 0 Å². The fourth-order valence-electron chi connectivity index (χ4n) is 2.11. The average molecular weight is 238 g/mol. The lowest BCUT2D eigenvalue weighted by Crippen LogP contribution is -1.95. The quantitative estimate of drug-likeness (QED) is 0.745. The van der Waals surface area contributed by atoms with Crippen molar-refractivity contribution in [2.75, 3.05) is 0 Å². The standard InChI is InChI=1S/C15H14N2O/c1-10-3-2-4-12(7-10)15-13-8-11(9-16)5-6-14(13)18-17-15/h2-8H,9,16H2,1H3. The third-order valence-corrected chi connectivity index (χ3v) is 3.06. The lowest BCUT2D eigenvalue weighted by Gasteiger charge is -2.00. The number of aryl methyl sites for hydroxylation is 1. The largest absolute Gasteiger partial charge is 0.356 e. The van der Waals surface area contributed by atoms with E-state index in [0.717, 1.165) is 27.8 Å². The van der Waals surface area contributed by atoms with E-state index in [4.69, 9.17) is 10.3 Å². The second-order valence-corrected chi connectivity index (χ2v) is 4.44. The maximum absolute atomic E-state index is 5.67. The number of nitrogens with two attached hydrogens (primary N) is 1. The van der Waals surface area contributed by atoms with Crippen LogP contribution in [0.15, 0.2) is 47.0 Å². The summed E-state index contributed by atoms with van der Waals surface area (Å²) in [6.45, 7) is 2.59. The molecule has 0 radical (unpaired) electrons. The van der Waals surface area contributed by atoms with E-state index < -0.39 is 0 Å². The van der Waals surface area contributed by atoms with Crippen molar-refractivity contribution in [3.8, 4) is 11.3 Å². The third kappa shape index (κ3) is 1.79. The van der Waals surface area contributed by atoms with Crippen molar-refractivity contribution in [1.82, 2.24) is 5.16 Å². The lowest BCUT2D eigenvalue weighted by atomic mass is 10.0. The first-order chi connectivity index (χ1) is 8.78. The molecule has 1 aromatic heterocycles. The van der Waals surface area contributed by atoms with E-state index in [-0.39, 0.29) is 0 Å². The molecule has 0 atom stereocenters. The number of aromatic nitrogens is 1. The first-order valence-corrected chi connectivity index (χ1v) is 5.93. The van der Waals surface area contributed by atoms with Gasteiger partial charge in [0.2, 0.25) is 0 Å². The molecule has 3 rings (SSSR count). The van der Waals surface area contributed by atoms with E-state index in [1.165, 1.54) is 5.56 Å². The Morgan fingerprint density at radius 2 is 2.06 bits per heavy atom. The maximum Gasteiger partial charge on any atom is 0.167 e. The zero-order chi connectivity index (χ0) is 12.5. The molecule has 2 aromatic carbocycles. The smallest absolute Gasteiger partial charge is 0.167 e. The number of rotatable bonds is 2. The molecule has 0 fully saturated rings. The van der Waals surface area contributed by atoms with Gasteiger partial charge < -0.3 is 10.3 Å². The highest BCUT2D eigenvalue weighted by Crippen LogP contribution is 2.29. The van der Waals surface area contributed by atoms with Gasteiger partial charge in [0.25, 0.3) is 0 Å². The molecular formula is C15H14N2O. The summed E-state index contributed by atoms with van der Waals surface area (Å²) in [6.07, 6.45) is 0. The normalized spacial score (nSPS) is 11.0. The Kier molecular flexibility index (Phi) is 2.61. The minimum absolute atomic E-state index is 0.522. The topological polar surface area (TPSA) is 52.0 Å². The Bertz CT molecular complexity index is 701. The van der Waals surface area contributed by atoms with Crippen molar-refractivity contribution in [1.29, 1.82) is 0 Å². The number of fused-ring (bicyclic) bond motifs is 1. The first-order valence-electron chi connectivity index (χ1n) is 5.93. The van der Waals surface area contributed by atoms with Crippen molar-refractivity contribution in [3.63, 3.8) is 0 Å². The summed E-state index contributed by atoms with van der Waals surface area (Å²) in [5.74, 6) is 0. The van der Waals surface area contributed by atoms with Gasteiger partial charge >= 0.3 is 0 Å². The van der Waals surface area contributed by atoms with Gasteiger partial charge in [0, 0.05) is 12.1 Å². The minimum Gasteiger partial charge on any atom is -0.356 e. The van der Waals surface area contributed by atoms with Crippen LogP contribution in [0, 0.1) is 6.92 Å². The summed E-state index contributed by atoms with van der Waals surface area (Å²) in [5, 5.41) is 5.18. The van der Waals surface area contributed by atoms with Crippen LogP contribution in [-0.2, 0) is 6.54 Å². The van der Waals surface area contributed by atoms with E-state index in [0.29, 0.717) is 6.54 Å². The van der Waals surface area contributed by atoms with Crippen LogP contribution in [0.3, 0.4) is 0 Å². The van der Waals surface area contributed by atoms with Crippen LogP contribution in [0.2, 0.25) is 0 Å². The summed E-state index contributed by atoms with van der Waals surface area (Å²) in [7, 11) is 0. The fourth-order valence-corrected chi connectivity index (χ4v) is 2.11. The number of hydrogen-bond acceptors (Lipinski definition) is 3. The average Bonchev–Trinajstić information content (AvgIpc) is 2.81. The molecule has 0 spiro atoms. The Labute approximate surface area is 105 Å². The highest BCUT2D eigenvalue weighted by Gasteiger charge is 2.10. The van der Waals surface area contributed by atoms with E-state index in [9.17, 15) is 0 Å². The fraction of sp³-hybridized carbons (Fsp3) is 0.133. The predicted molar refractivity (Wildman–Crippen MR) is 72.1 cm³/mol. The number of hydrogen-bond donors (Lipinski definition) is 1. The molecule has 0 bridgehead atoms. The molecule has 18 heavy (non-hydrogen) atoms. The molecule has 3 heteroatoms. The van der Waals surface area contributed by atoms with Gasteiger partial charge in [0.05, 0.1) is 5.39 Å². The first kappa shape index (κ1) is 11.0. The van der Waals surface area contributed by atoms with Crippen molar-refractivity contribution in [2.45, 2.75) is 13.5 Å². The zero-order valence-corrected chi connectivity index (χ0v) is 10.2. The Morgan fingerprint density at radius 3 is 2.83 bits per heavy atom. The number of benzene rings is 2. The monoisotopic (exact) mass is 238 g/mol. The summed E-state index contributed by atoms with van der Waals surface area (Å²) in [4.78, 5) is 0. The maximum atomic E-state index is 5.67. The van der Waals surface area contributed by atoms with Gasteiger partial charge in [-0.15, -0.1) is 0 Å². The Hall–Kier alpha value is -2.13. The third-order valence-electron chi connectivity index (χ3n) is 3.06. The van der Waals surface area contributed by atoms with E-state index >= 15 is 0 Å². The highest BCUT2D eigenvalue weighted by molar-refractivity contribution is 5.91. The van der Waals surface area contributed by atoms with Gasteiger partial charge in [0.15, 0.2) is 5.58 Å². The molecule has 0 saturated carbocycles. The summed E-state index contributed by atoms with van der Waals surface area (Å²) >= 11 is 0. The van der Waals surface area contributed by atoms with Crippen LogP contribution in [0.4, 0.5) is 0 Å². The van der Waals surface area contributed by atoms with Gasteiger partial charge in [-0.25, -0.2) is 0 Å². The molecule has 0 amide bonds. The predicted octanol–water partition coefficient (Wildman–Crippen LogP) is 3.26. The van der Waals surface area contributed by atoms with Gasteiger partial charge in [-0.2, -0.15) is 0 Å². The molecule has 0 aliphatic rings. The van der Waals surface area contributed by atoms with Crippen molar-refractivity contribution < 1.29 is 4.52 Å². The van der Waals surface area contributed by atoms with Crippen molar-refractivity contribution >= 4 is 11.0 Å². The minimum atomic E-state index is 0.522. The van der Waals surface area contributed by atoms with Gasteiger partial charge in [0.1, 0.15) is 5.69 Å². The van der Waals surface area contributed by atoms with E-state index in [1.54, 1.807) is 0 Å². The molecule has 0 aliphatic carbocycles. The van der Waals surface area contributed by atoms with E-state index in [1.807, 2.05) is 30.3 Å². The molecule has 0 unspecified atom stereocenters. The van der Waals surface area contributed by atoms with Crippen LogP contribution < -0.4 is 5.73 Å². The van der Waals surface area contributed by atoms with Crippen LogP contribution in [0.25, 0.3) is 22.2 Å². The van der Waals surface area contributed by atoms with Gasteiger partial charge in [-0.3, -0.25) is 0 Å². The van der Waals surface area contributed by atoms with Crippen LogP contribution >= 0.6 is 0 Å². The molecule has 0 aliphatic heterocycles. The molecule has 2 N–H and O–H groups in total. The molecule has 3 aromatic rings. The zero-order valence-electron chi connectivity index (χ0n) is 10.2. The molecular weight excluding hydrogens is 224 g/mol. The molecule has 1 heterocycles. The Morgan fingerprint density at radius 1 is 1.17 bits per heavy atom. The molecule has 3 nitrogen and oxygen atoms in total. The van der Waals surface area contributed by atoms with Crippen molar-refractivity contribution in [3.05, 3.63) is 53.6 Å². The van der Waals surface area contributed by atoms with E-state index in [2.05, 4.69) is 24.2 Å². The highest BCUT2D eigenvalue weighted by atomic mass is 16.5.